The van der Waals surface area contributed by atoms with Crippen LogP contribution in [-0.4, -0.2) is 9.78 Å². The number of rotatable bonds is 4. The van der Waals surface area contributed by atoms with E-state index in [9.17, 15) is 4.39 Å². The third kappa shape index (κ3) is 3.12. The van der Waals surface area contributed by atoms with E-state index in [4.69, 9.17) is 10.5 Å². The van der Waals surface area contributed by atoms with E-state index in [1.165, 1.54) is 6.07 Å². The minimum absolute atomic E-state index is 0.191. The lowest BCUT2D eigenvalue weighted by atomic mass is 10.1. The SMILES string of the molecule is Cc1cc(COc2ccc([C@@H](C)N)cc2F)n(C)n1. The van der Waals surface area contributed by atoms with Crippen LogP contribution in [0.5, 0.6) is 5.75 Å². The summed E-state index contributed by atoms with van der Waals surface area (Å²) in [6.07, 6.45) is 0. The van der Waals surface area contributed by atoms with Gasteiger partial charge >= 0.3 is 0 Å². The summed E-state index contributed by atoms with van der Waals surface area (Å²) in [6, 6.07) is 6.51. The van der Waals surface area contributed by atoms with E-state index >= 15 is 0 Å². The molecule has 2 aromatic rings. The second-order valence-electron chi connectivity index (χ2n) is 4.67. The van der Waals surface area contributed by atoms with Crippen molar-refractivity contribution in [1.29, 1.82) is 0 Å². The van der Waals surface area contributed by atoms with Crippen molar-refractivity contribution in [3.8, 4) is 5.75 Å². The highest BCUT2D eigenvalue weighted by molar-refractivity contribution is 5.30. The minimum atomic E-state index is -0.395. The van der Waals surface area contributed by atoms with Crippen molar-refractivity contribution in [2.75, 3.05) is 0 Å². The van der Waals surface area contributed by atoms with Crippen LogP contribution in [0.15, 0.2) is 24.3 Å². The molecule has 2 N–H and O–H groups in total. The first-order valence-corrected chi connectivity index (χ1v) is 6.14. The number of halogens is 1. The van der Waals surface area contributed by atoms with Crippen LogP contribution < -0.4 is 10.5 Å². The molecule has 1 heterocycles. The molecule has 0 saturated carbocycles. The zero-order valence-electron chi connectivity index (χ0n) is 11.4. The van der Waals surface area contributed by atoms with Gasteiger partial charge in [-0.05, 0) is 37.6 Å². The lowest BCUT2D eigenvalue weighted by molar-refractivity contribution is 0.280. The summed E-state index contributed by atoms with van der Waals surface area (Å²) in [5.74, 6) is -0.169. The maximum atomic E-state index is 13.8. The average molecular weight is 263 g/mol. The summed E-state index contributed by atoms with van der Waals surface area (Å²) in [5.41, 5.74) is 8.26. The molecule has 0 unspecified atom stereocenters. The third-order valence-electron chi connectivity index (χ3n) is 2.96. The third-order valence-corrected chi connectivity index (χ3v) is 2.96. The lowest BCUT2D eigenvalue weighted by Crippen LogP contribution is -2.07. The van der Waals surface area contributed by atoms with Crippen molar-refractivity contribution in [2.45, 2.75) is 26.5 Å². The highest BCUT2D eigenvalue weighted by atomic mass is 19.1. The average Bonchev–Trinajstić information content (AvgIpc) is 2.66. The first-order chi connectivity index (χ1) is 8.97. The quantitative estimate of drug-likeness (QED) is 0.922. The Labute approximate surface area is 112 Å². The van der Waals surface area contributed by atoms with Gasteiger partial charge in [-0.15, -0.1) is 0 Å². The van der Waals surface area contributed by atoms with Crippen molar-refractivity contribution < 1.29 is 9.13 Å². The molecule has 5 heteroatoms. The normalized spacial score (nSPS) is 12.5. The molecule has 0 amide bonds. The Morgan fingerprint density at radius 2 is 2.16 bits per heavy atom. The number of nitrogens with two attached hydrogens (primary N) is 1. The molecule has 1 atom stereocenters. The van der Waals surface area contributed by atoms with Crippen molar-refractivity contribution in [3.63, 3.8) is 0 Å². The van der Waals surface area contributed by atoms with Gasteiger partial charge in [0.1, 0.15) is 6.61 Å². The van der Waals surface area contributed by atoms with Crippen LogP contribution in [0.2, 0.25) is 0 Å². The summed E-state index contributed by atoms with van der Waals surface area (Å²) in [4.78, 5) is 0. The first kappa shape index (κ1) is 13.5. The van der Waals surface area contributed by atoms with Gasteiger partial charge in [0.25, 0.3) is 0 Å². The smallest absolute Gasteiger partial charge is 0.165 e. The Hall–Kier alpha value is -1.88. The Balaban J connectivity index is 2.10. The Morgan fingerprint density at radius 1 is 1.42 bits per heavy atom. The molecule has 102 valence electrons. The maximum absolute atomic E-state index is 13.8. The van der Waals surface area contributed by atoms with Crippen LogP contribution in [0, 0.1) is 12.7 Å². The van der Waals surface area contributed by atoms with Gasteiger partial charge in [-0.2, -0.15) is 5.10 Å². The molecule has 19 heavy (non-hydrogen) atoms. The molecule has 0 radical (unpaired) electrons. The van der Waals surface area contributed by atoms with Crippen LogP contribution in [0.1, 0.15) is 29.9 Å². The number of hydrogen-bond donors (Lipinski definition) is 1. The second kappa shape index (κ2) is 5.40. The summed E-state index contributed by atoms with van der Waals surface area (Å²) in [5, 5.41) is 4.21. The van der Waals surface area contributed by atoms with Crippen molar-refractivity contribution >= 4 is 0 Å². The van der Waals surface area contributed by atoms with Gasteiger partial charge < -0.3 is 10.5 Å². The Kier molecular flexibility index (Phi) is 3.85. The van der Waals surface area contributed by atoms with E-state index in [1.54, 1.807) is 16.8 Å². The number of aromatic nitrogens is 2. The van der Waals surface area contributed by atoms with Gasteiger partial charge in [0.15, 0.2) is 11.6 Å². The highest BCUT2D eigenvalue weighted by Gasteiger charge is 2.09. The van der Waals surface area contributed by atoms with Crippen molar-refractivity contribution in [1.82, 2.24) is 9.78 Å². The number of nitrogens with zero attached hydrogens (tertiary/aromatic N) is 2. The van der Waals surface area contributed by atoms with Crippen LogP contribution in [0.3, 0.4) is 0 Å². The zero-order chi connectivity index (χ0) is 14.0. The summed E-state index contributed by atoms with van der Waals surface area (Å²) in [6.45, 7) is 4.00. The number of hydrogen-bond acceptors (Lipinski definition) is 3. The van der Waals surface area contributed by atoms with Crippen LogP contribution >= 0.6 is 0 Å². The van der Waals surface area contributed by atoms with E-state index in [0.717, 1.165) is 17.0 Å². The van der Waals surface area contributed by atoms with Gasteiger partial charge in [-0.25, -0.2) is 4.39 Å². The molecular weight excluding hydrogens is 245 g/mol. The van der Waals surface area contributed by atoms with Crippen molar-refractivity contribution in [2.24, 2.45) is 12.8 Å². The molecule has 1 aromatic carbocycles. The predicted molar refractivity (Wildman–Crippen MR) is 71.3 cm³/mol. The molecule has 0 fully saturated rings. The van der Waals surface area contributed by atoms with E-state index in [1.807, 2.05) is 27.0 Å². The molecule has 0 aliphatic carbocycles. The van der Waals surface area contributed by atoms with E-state index < -0.39 is 5.82 Å². The number of benzene rings is 1. The zero-order valence-corrected chi connectivity index (χ0v) is 11.4. The summed E-state index contributed by atoms with van der Waals surface area (Å²) >= 11 is 0. The fourth-order valence-electron chi connectivity index (χ4n) is 1.87. The van der Waals surface area contributed by atoms with Gasteiger partial charge in [0.2, 0.25) is 0 Å². The Bertz CT molecular complexity index is 578. The van der Waals surface area contributed by atoms with Gasteiger partial charge in [-0.3, -0.25) is 4.68 Å². The van der Waals surface area contributed by atoms with E-state index in [2.05, 4.69) is 5.10 Å². The number of aryl methyl sites for hydroxylation is 2. The molecule has 2 rings (SSSR count). The molecule has 0 saturated heterocycles. The largest absolute Gasteiger partial charge is 0.484 e. The molecule has 1 aromatic heterocycles. The fraction of sp³-hybridized carbons (Fsp3) is 0.357. The van der Waals surface area contributed by atoms with Gasteiger partial charge in [0.05, 0.1) is 11.4 Å². The predicted octanol–water partition coefficient (Wildman–Crippen LogP) is 2.47. The van der Waals surface area contributed by atoms with Crippen LogP contribution in [0.25, 0.3) is 0 Å². The standard InChI is InChI=1S/C14H18FN3O/c1-9-6-12(18(3)17-9)8-19-14-5-4-11(10(2)16)7-13(14)15/h4-7,10H,8,16H2,1-3H3/t10-/m1/s1. The lowest BCUT2D eigenvalue weighted by Gasteiger charge is -2.10. The first-order valence-electron chi connectivity index (χ1n) is 6.14. The molecule has 0 spiro atoms. The van der Waals surface area contributed by atoms with E-state index in [0.29, 0.717) is 0 Å². The molecular formula is C14H18FN3O. The monoisotopic (exact) mass is 263 g/mol. The maximum Gasteiger partial charge on any atom is 0.165 e. The van der Waals surface area contributed by atoms with Crippen LogP contribution in [0.4, 0.5) is 4.39 Å². The molecule has 0 aliphatic heterocycles. The van der Waals surface area contributed by atoms with Crippen molar-refractivity contribution in [3.05, 3.63) is 47.0 Å². The number of ether oxygens (including phenoxy) is 1. The van der Waals surface area contributed by atoms with Gasteiger partial charge in [-0.1, -0.05) is 6.07 Å². The van der Waals surface area contributed by atoms with Gasteiger partial charge in [0, 0.05) is 13.1 Å². The highest BCUT2D eigenvalue weighted by Crippen LogP contribution is 2.22. The fourth-order valence-corrected chi connectivity index (χ4v) is 1.87. The summed E-state index contributed by atoms with van der Waals surface area (Å²) < 4.78 is 21.0. The molecule has 0 bridgehead atoms. The molecule has 4 nitrogen and oxygen atoms in total. The van der Waals surface area contributed by atoms with Crippen LogP contribution in [-0.2, 0) is 13.7 Å². The minimum Gasteiger partial charge on any atom is -0.484 e. The molecule has 0 aliphatic rings. The van der Waals surface area contributed by atoms with E-state index in [-0.39, 0.29) is 18.4 Å². The topological polar surface area (TPSA) is 53.1 Å². The summed E-state index contributed by atoms with van der Waals surface area (Å²) in [7, 11) is 1.83. The Morgan fingerprint density at radius 3 is 2.68 bits per heavy atom. The second-order valence-corrected chi connectivity index (χ2v) is 4.67.